The number of carbonyl (C=O) groups is 1. The lowest BCUT2D eigenvalue weighted by molar-refractivity contribution is 0.0421. The van der Waals surface area contributed by atoms with Crippen molar-refractivity contribution in [3.05, 3.63) is 70.0 Å². The molecule has 8 heteroatoms. The van der Waals surface area contributed by atoms with Crippen LogP contribution in [0.25, 0.3) is 11.4 Å². The van der Waals surface area contributed by atoms with Crippen molar-refractivity contribution >= 4 is 5.91 Å². The molecule has 1 aromatic heterocycles. The number of methoxy groups -OCH3 is 1. The van der Waals surface area contributed by atoms with Crippen LogP contribution in [0.5, 0.6) is 0 Å². The van der Waals surface area contributed by atoms with Crippen LogP contribution in [0.1, 0.15) is 76.5 Å². The molecule has 5 rings (SSSR count). The van der Waals surface area contributed by atoms with Crippen LogP contribution in [0, 0.1) is 18.3 Å². The second-order valence-corrected chi connectivity index (χ2v) is 10.6. The maximum absolute atomic E-state index is 15.8. The number of carbonyl (C=O) groups excluding carboxylic acids is 1. The summed E-state index contributed by atoms with van der Waals surface area (Å²) >= 11 is 0. The number of amides is 1. The van der Waals surface area contributed by atoms with Crippen molar-refractivity contribution in [2.75, 3.05) is 26.8 Å². The minimum Gasteiger partial charge on any atom is -0.384 e. The van der Waals surface area contributed by atoms with Crippen LogP contribution in [0.4, 0.5) is 4.39 Å². The first-order chi connectivity index (χ1) is 18.3. The number of rotatable bonds is 7. The van der Waals surface area contributed by atoms with Crippen molar-refractivity contribution in [3.8, 4) is 17.5 Å². The number of nitrogens with zero attached hydrogens (tertiary/aromatic N) is 5. The summed E-state index contributed by atoms with van der Waals surface area (Å²) in [5.41, 5.74) is 3.32. The van der Waals surface area contributed by atoms with E-state index in [2.05, 4.69) is 22.3 Å². The summed E-state index contributed by atoms with van der Waals surface area (Å²) in [6, 6.07) is 12.9. The van der Waals surface area contributed by atoms with Crippen LogP contribution in [0.2, 0.25) is 0 Å². The molecule has 3 aromatic rings. The third-order valence-electron chi connectivity index (χ3n) is 8.28. The van der Waals surface area contributed by atoms with Gasteiger partial charge in [0.25, 0.3) is 5.91 Å². The second-order valence-electron chi connectivity index (χ2n) is 10.6. The van der Waals surface area contributed by atoms with Gasteiger partial charge in [0, 0.05) is 57.6 Å². The van der Waals surface area contributed by atoms with Crippen molar-refractivity contribution in [2.24, 2.45) is 7.05 Å². The van der Waals surface area contributed by atoms with Gasteiger partial charge in [0.05, 0.1) is 18.2 Å². The van der Waals surface area contributed by atoms with Gasteiger partial charge in [-0.05, 0) is 60.6 Å². The second kappa shape index (κ2) is 10.7. The number of aromatic nitrogens is 3. The van der Waals surface area contributed by atoms with E-state index in [4.69, 9.17) is 10.00 Å². The van der Waals surface area contributed by atoms with Gasteiger partial charge in [-0.1, -0.05) is 24.6 Å². The molecule has 2 aromatic carbocycles. The van der Waals surface area contributed by atoms with Crippen molar-refractivity contribution < 1.29 is 13.9 Å². The molecule has 7 nitrogen and oxygen atoms in total. The molecule has 0 N–H and O–H groups in total. The molecule has 0 atom stereocenters. The summed E-state index contributed by atoms with van der Waals surface area (Å²) in [5.74, 6) is 1.98. The van der Waals surface area contributed by atoms with E-state index in [1.54, 1.807) is 36.3 Å². The van der Waals surface area contributed by atoms with Crippen LogP contribution in [-0.4, -0.2) is 52.4 Å². The highest BCUT2D eigenvalue weighted by Crippen LogP contribution is 2.43. The zero-order chi connectivity index (χ0) is 26.9. The Labute approximate surface area is 223 Å². The summed E-state index contributed by atoms with van der Waals surface area (Å²) in [6.45, 7) is 3.21. The normalized spacial score (nSPS) is 17.2. The van der Waals surface area contributed by atoms with Crippen molar-refractivity contribution in [1.82, 2.24) is 19.7 Å². The molecule has 2 heterocycles. The number of hydrogen-bond acceptors (Lipinski definition) is 5. The van der Waals surface area contributed by atoms with E-state index in [1.807, 2.05) is 24.6 Å². The van der Waals surface area contributed by atoms with Gasteiger partial charge in [-0.15, -0.1) is 10.2 Å². The summed E-state index contributed by atoms with van der Waals surface area (Å²) in [5, 5.41) is 17.9. The first-order valence-electron chi connectivity index (χ1n) is 13.4. The monoisotopic (exact) mass is 515 g/mol. The van der Waals surface area contributed by atoms with E-state index in [-0.39, 0.29) is 18.7 Å². The zero-order valence-corrected chi connectivity index (χ0v) is 22.3. The van der Waals surface area contributed by atoms with Gasteiger partial charge in [0.2, 0.25) is 0 Å². The Hall–Kier alpha value is -3.57. The van der Waals surface area contributed by atoms with E-state index in [0.717, 1.165) is 35.6 Å². The first-order valence-corrected chi connectivity index (χ1v) is 13.4. The zero-order valence-electron chi connectivity index (χ0n) is 22.3. The van der Waals surface area contributed by atoms with Gasteiger partial charge in [-0.2, -0.15) is 5.26 Å². The average molecular weight is 516 g/mol. The molecule has 0 spiro atoms. The Balaban J connectivity index is 1.41. The lowest BCUT2D eigenvalue weighted by atomic mass is 9.77. The molecule has 0 bridgehead atoms. The topological polar surface area (TPSA) is 84.0 Å². The highest BCUT2D eigenvalue weighted by atomic mass is 19.1. The fraction of sp³-hybridized carbons (Fsp3) is 0.467. The van der Waals surface area contributed by atoms with Gasteiger partial charge >= 0.3 is 0 Å². The molecule has 1 aliphatic heterocycles. The van der Waals surface area contributed by atoms with Gasteiger partial charge < -0.3 is 14.2 Å². The Morgan fingerprint density at radius 1 is 1.18 bits per heavy atom. The standard InChI is InChI=1S/C30H34FN5O2/c1-20-17-25(22-5-4-6-22)26(28-34-33-27(35(28)2)11-16-38-3)18-24(20)29(37)36-14-12-30(31,13-15-36)23-9-7-21(19-32)8-10-23/h7-10,17-18,22H,4-6,11-16H2,1-3H3. The SMILES string of the molecule is COCCc1nnc(-c2cc(C(=O)N3CCC(F)(c4ccc(C#N)cc4)CC3)c(C)cc2C2CCC2)n1C. The van der Waals surface area contributed by atoms with Gasteiger partial charge in [-0.25, -0.2) is 4.39 Å². The number of halogens is 1. The summed E-state index contributed by atoms with van der Waals surface area (Å²) in [7, 11) is 3.63. The number of hydrogen-bond donors (Lipinski definition) is 0. The van der Waals surface area contributed by atoms with Crippen LogP contribution in [0.15, 0.2) is 36.4 Å². The van der Waals surface area contributed by atoms with Crippen LogP contribution in [0.3, 0.4) is 0 Å². The predicted octanol–water partition coefficient (Wildman–Crippen LogP) is 5.22. The van der Waals surface area contributed by atoms with Crippen molar-refractivity contribution in [3.63, 3.8) is 0 Å². The highest BCUT2D eigenvalue weighted by molar-refractivity contribution is 5.97. The molecule has 1 saturated carbocycles. The molecule has 0 unspecified atom stereocenters. The maximum atomic E-state index is 15.8. The minimum atomic E-state index is -1.50. The number of alkyl halides is 1. The third-order valence-corrected chi connectivity index (χ3v) is 8.28. The smallest absolute Gasteiger partial charge is 0.254 e. The molecule has 198 valence electrons. The number of piperidine rings is 1. The average Bonchev–Trinajstić information content (AvgIpc) is 3.26. The first kappa shape index (κ1) is 26.1. The molecule has 1 aliphatic carbocycles. The molecule has 0 radical (unpaired) electrons. The molecule has 2 fully saturated rings. The Kier molecular flexibility index (Phi) is 7.31. The lowest BCUT2D eigenvalue weighted by Crippen LogP contribution is -2.43. The fourth-order valence-electron chi connectivity index (χ4n) is 5.59. The summed E-state index contributed by atoms with van der Waals surface area (Å²) in [4.78, 5) is 15.5. The highest BCUT2D eigenvalue weighted by Gasteiger charge is 2.38. The molecular weight excluding hydrogens is 481 g/mol. The van der Waals surface area contributed by atoms with Crippen molar-refractivity contribution in [2.45, 2.75) is 57.0 Å². The van der Waals surface area contributed by atoms with E-state index >= 15 is 4.39 Å². The molecule has 38 heavy (non-hydrogen) atoms. The summed E-state index contributed by atoms with van der Waals surface area (Å²) < 4.78 is 23.0. The third kappa shape index (κ3) is 4.83. The molecule has 1 amide bonds. The molecule has 1 saturated heterocycles. The van der Waals surface area contributed by atoms with Gasteiger partial charge in [0.15, 0.2) is 5.82 Å². The Morgan fingerprint density at radius 3 is 2.50 bits per heavy atom. The molecule has 2 aliphatic rings. The maximum Gasteiger partial charge on any atom is 0.254 e. The summed E-state index contributed by atoms with van der Waals surface area (Å²) in [6.07, 6.45) is 4.59. The quantitative estimate of drug-likeness (QED) is 0.431. The van der Waals surface area contributed by atoms with E-state index in [1.165, 1.54) is 12.0 Å². The van der Waals surface area contributed by atoms with Crippen LogP contribution in [-0.2, 0) is 23.9 Å². The number of likely N-dealkylation sites (tertiary alicyclic amines) is 1. The number of ether oxygens (including phenoxy) is 1. The van der Waals surface area contributed by atoms with Crippen molar-refractivity contribution in [1.29, 1.82) is 5.26 Å². The van der Waals surface area contributed by atoms with E-state index in [9.17, 15) is 4.79 Å². The van der Waals surface area contributed by atoms with E-state index in [0.29, 0.717) is 48.7 Å². The molecular formula is C30H34FN5O2. The predicted molar refractivity (Wildman–Crippen MR) is 142 cm³/mol. The Morgan fingerprint density at radius 2 is 1.89 bits per heavy atom. The number of benzene rings is 2. The Bertz CT molecular complexity index is 1360. The van der Waals surface area contributed by atoms with E-state index < -0.39 is 5.67 Å². The number of nitriles is 1. The van der Waals surface area contributed by atoms with Gasteiger partial charge in [-0.3, -0.25) is 4.79 Å². The van der Waals surface area contributed by atoms with Crippen LogP contribution < -0.4 is 0 Å². The van der Waals surface area contributed by atoms with Crippen LogP contribution >= 0.6 is 0 Å². The minimum absolute atomic E-state index is 0.0763. The number of aryl methyl sites for hydroxylation is 1. The largest absolute Gasteiger partial charge is 0.384 e. The fourth-order valence-corrected chi connectivity index (χ4v) is 5.59. The lowest BCUT2D eigenvalue weighted by Gasteiger charge is -2.37. The van der Waals surface area contributed by atoms with Gasteiger partial charge in [0.1, 0.15) is 11.5 Å².